The Labute approximate surface area is 74.7 Å². The molecule has 2 unspecified atom stereocenters. The first-order chi connectivity index (χ1) is 5.97. The largest absolute Gasteiger partial charge is 0.0879 e. The fourth-order valence-corrected chi connectivity index (χ4v) is 2.06. The zero-order valence-corrected chi connectivity index (χ0v) is 7.45. The maximum atomic E-state index is 2.38. The number of hydrogen-bond donors (Lipinski definition) is 0. The number of fused-ring (bicyclic) bond motifs is 1. The summed E-state index contributed by atoms with van der Waals surface area (Å²) in [5, 5.41) is 0. The molecule has 0 aromatic heterocycles. The van der Waals surface area contributed by atoms with Crippen molar-refractivity contribution in [1.29, 1.82) is 0 Å². The van der Waals surface area contributed by atoms with Crippen molar-refractivity contribution in [3.63, 3.8) is 0 Å². The number of hydrogen-bond acceptors (Lipinski definition) is 0. The lowest BCUT2D eigenvalue weighted by Gasteiger charge is -2.22. The zero-order chi connectivity index (χ0) is 8.23. The van der Waals surface area contributed by atoms with Gasteiger partial charge in [0, 0.05) is 5.92 Å². The molecule has 2 rings (SSSR count). The van der Waals surface area contributed by atoms with Gasteiger partial charge in [0.1, 0.15) is 0 Å². The third-order valence-corrected chi connectivity index (χ3v) is 2.81. The highest BCUT2D eigenvalue weighted by molar-refractivity contribution is 5.18. The first-order valence-corrected chi connectivity index (χ1v) is 4.98. The molecule has 12 heavy (non-hydrogen) atoms. The van der Waals surface area contributed by atoms with E-state index in [2.05, 4.69) is 36.5 Å². The van der Waals surface area contributed by atoms with Gasteiger partial charge in [-0.3, -0.25) is 0 Å². The Hall–Kier alpha value is -0.780. The second-order valence-corrected chi connectivity index (χ2v) is 3.72. The highest BCUT2D eigenvalue weighted by Crippen LogP contribution is 2.28. The molecule has 2 aliphatic carbocycles. The van der Waals surface area contributed by atoms with Crippen molar-refractivity contribution in [3.8, 4) is 0 Å². The molecule has 0 saturated heterocycles. The zero-order valence-electron chi connectivity index (χ0n) is 7.45. The first-order valence-electron chi connectivity index (χ1n) is 4.98. The predicted octanol–water partition coefficient (Wildman–Crippen LogP) is 3.48. The number of rotatable bonds is 0. The number of allylic oxidation sites excluding steroid dienone is 6. The summed E-state index contributed by atoms with van der Waals surface area (Å²) in [5.74, 6) is 1.47. The summed E-state index contributed by atoms with van der Waals surface area (Å²) in [5.41, 5.74) is 0. The van der Waals surface area contributed by atoms with Gasteiger partial charge < -0.3 is 0 Å². The molecule has 0 N–H and O–H groups in total. The van der Waals surface area contributed by atoms with E-state index in [-0.39, 0.29) is 0 Å². The third kappa shape index (κ3) is 1.69. The van der Waals surface area contributed by atoms with Gasteiger partial charge in [-0.05, 0) is 25.2 Å². The van der Waals surface area contributed by atoms with Crippen LogP contribution in [-0.2, 0) is 0 Å². The van der Waals surface area contributed by atoms with E-state index in [1.165, 1.54) is 25.7 Å². The fourth-order valence-electron chi connectivity index (χ4n) is 2.06. The lowest BCUT2D eigenvalue weighted by Crippen LogP contribution is -2.11. The summed E-state index contributed by atoms with van der Waals surface area (Å²) in [4.78, 5) is 0. The molecule has 0 fully saturated rings. The van der Waals surface area contributed by atoms with Crippen molar-refractivity contribution in [2.24, 2.45) is 11.8 Å². The van der Waals surface area contributed by atoms with Crippen LogP contribution in [0.3, 0.4) is 0 Å². The van der Waals surface area contributed by atoms with E-state index in [0.717, 1.165) is 5.92 Å². The molecular weight excluding hydrogens is 144 g/mol. The van der Waals surface area contributed by atoms with Crippen LogP contribution in [0.4, 0.5) is 0 Å². The van der Waals surface area contributed by atoms with Crippen LogP contribution < -0.4 is 0 Å². The fraction of sp³-hybridized carbons (Fsp3) is 0.500. The standard InChI is InChI=1S/C12H16/c1-2-4-8-12-10-6-5-9-11(12)7-3-1/h3,5-7,9-12H,1-2,4,8H2. The SMILES string of the molecule is C1=CC2C=CCCCCC2C=C1. The molecule has 0 aromatic rings. The summed E-state index contributed by atoms with van der Waals surface area (Å²) in [7, 11) is 0. The average Bonchev–Trinajstić information content (AvgIpc) is 2.06. The molecular formula is C12H16. The van der Waals surface area contributed by atoms with Crippen LogP contribution in [0.2, 0.25) is 0 Å². The molecule has 0 radical (unpaired) electrons. The molecule has 2 aliphatic rings. The molecule has 0 amide bonds. The molecule has 2 atom stereocenters. The van der Waals surface area contributed by atoms with E-state index in [1.807, 2.05) is 0 Å². The van der Waals surface area contributed by atoms with Crippen molar-refractivity contribution in [3.05, 3.63) is 36.5 Å². The Bertz CT molecular complexity index is 220. The van der Waals surface area contributed by atoms with Crippen LogP contribution >= 0.6 is 0 Å². The van der Waals surface area contributed by atoms with E-state index < -0.39 is 0 Å². The molecule has 0 heteroatoms. The van der Waals surface area contributed by atoms with Gasteiger partial charge in [0.2, 0.25) is 0 Å². The van der Waals surface area contributed by atoms with Crippen LogP contribution in [0, 0.1) is 11.8 Å². The molecule has 0 heterocycles. The third-order valence-electron chi connectivity index (χ3n) is 2.81. The van der Waals surface area contributed by atoms with Crippen LogP contribution in [0.15, 0.2) is 36.5 Å². The smallest absolute Gasteiger partial charge is 0.00126 e. The lowest BCUT2D eigenvalue weighted by atomic mass is 9.83. The minimum Gasteiger partial charge on any atom is -0.0879 e. The Balaban J connectivity index is 2.12. The van der Waals surface area contributed by atoms with E-state index in [0.29, 0.717) is 5.92 Å². The van der Waals surface area contributed by atoms with Crippen molar-refractivity contribution in [1.82, 2.24) is 0 Å². The maximum Gasteiger partial charge on any atom is 0.00126 e. The monoisotopic (exact) mass is 160 g/mol. The van der Waals surface area contributed by atoms with Gasteiger partial charge in [-0.15, -0.1) is 0 Å². The Morgan fingerprint density at radius 3 is 2.83 bits per heavy atom. The molecule has 0 saturated carbocycles. The minimum absolute atomic E-state index is 0.690. The van der Waals surface area contributed by atoms with Gasteiger partial charge >= 0.3 is 0 Å². The van der Waals surface area contributed by atoms with E-state index >= 15 is 0 Å². The molecule has 0 aliphatic heterocycles. The summed E-state index contributed by atoms with van der Waals surface area (Å²) in [6, 6.07) is 0. The van der Waals surface area contributed by atoms with Gasteiger partial charge in [0.15, 0.2) is 0 Å². The molecule has 0 nitrogen and oxygen atoms in total. The Morgan fingerprint density at radius 2 is 1.83 bits per heavy atom. The summed E-state index contributed by atoms with van der Waals surface area (Å²) < 4.78 is 0. The van der Waals surface area contributed by atoms with Crippen LogP contribution in [0.25, 0.3) is 0 Å². The highest BCUT2D eigenvalue weighted by atomic mass is 14.2. The molecule has 0 aromatic carbocycles. The van der Waals surface area contributed by atoms with E-state index in [1.54, 1.807) is 0 Å². The summed E-state index contributed by atoms with van der Waals surface area (Å²) >= 11 is 0. The maximum absolute atomic E-state index is 2.38. The Kier molecular flexibility index (Phi) is 2.45. The van der Waals surface area contributed by atoms with Crippen LogP contribution in [0.5, 0.6) is 0 Å². The van der Waals surface area contributed by atoms with Crippen molar-refractivity contribution >= 4 is 0 Å². The van der Waals surface area contributed by atoms with Crippen LogP contribution in [0.1, 0.15) is 25.7 Å². The topological polar surface area (TPSA) is 0 Å². The molecule has 64 valence electrons. The highest BCUT2D eigenvalue weighted by Gasteiger charge is 2.16. The van der Waals surface area contributed by atoms with Gasteiger partial charge in [-0.2, -0.15) is 0 Å². The molecule has 0 bridgehead atoms. The van der Waals surface area contributed by atoms with E-state index in [9.17, 15) is 0 Å². The van der Waals surface area contributed by atoms with Gasteiger partial charge in [-0.25, -0.2) is 0 Å². The lowest BCUT2D eigenvalue weighted by molar-refractivity contribution is 0.471. The van der Waals surface area contributed by atoms with Gasteiger partial charge in [0.05, 0.1) is 0 Å². The predicted molar refractivity (Wildman–Crippen MR) is 52.9 cm³/mol. The van der Waals surface area contributed by atoms with Crippen molar-refractivity contribution in [2.75, 3.05) is 0 Å². The first kappa shape index (κ1) is 7.85. The minimum atomic E-state index is 0.690. The van der Waals surface area contributed by atoms with Crippen molar-refractivity contribution < 1.29 is 0 Å². The normalized spacial score (nSPS) is 34.0. The second kappa shape index (κ2) is 3.75. The summed E-state index contributed by atoms with van der Waals surface area (Å²) in [6.07, 6.45) is 19.2. The van der Waals surface area contributed by atoms with Gasteiger partial charge in [-0.1, -0.05) is 42.9 Å². The van der Waals surface area contributed by atoms with Crippen molar-refractivity contribution in [2.45, 2.75) is 25.7 Å². The second-order valence-electron chi connectivity index (χ2n) is 3.72. The quantitative estimate of drug-likeness (QED) is 0.476. The summed E-state index contributed by atoms with van der Waals surface area (Å²) in [6.45, 7) is 0. The van der Waals surface area contributed by atoms with E-state index in [4.69, 9.17) is 0 Å². The molecule has 0 spiro atoms. The Morgan fingerprint density at radius 1 is 0.917 bits per heavy atom. The van der Waals surface area contributed by atoms with Crippen LogP contribution in [-0.4, -0.2) is 0 Å². The average molecular weight is 160 g/mol. The van der Waals surface area contributed by atoms with Gasteiger partial charge in [0.25, 0.3) is 0 Å².